The molecule has 6 nitrogen and oxygen atoms in total. The number of hydrogen-bond acceptors (Lipinski definition) is 5. The highest BCUT2D eigenvalue weighted by atomic mass is 31.2. The summed E-state index contributed by atoms with van der Waals surface area (Å²) in [5.74, 6) is -0.867. The second-order valence-corrected chi connectivity index (χ2v) is 7.69. The van der Waals surface area contributed by atoms with E-state index in [1.54, 1.807) is 31.2 Å². The average Bonchev–Trinajstić information content (AvgIpc) is 2.64. The van der Waals surface area contributed by atoms with Gasteiger partial charge in [0.1, 0.15) is 0 Å². The molecule has 0 saturated carbocycles. The van der Waals surface area contributed by atoms with Gasteiger partial charge in [-0.05, 0) is 19.1 Å². The van der Waals surface area contributed by atoms with Gasteiger partial charge in [-0.2, -0.15) is 0 Å². The Morgan fingerprint density at radius 2 is 1.76 bits per heavy atom. The Morgan fingerprint density at radius 3 is 2.24 bits per heavy atom. The molecule has 114 valence electrons. The average molecular weight is 311 g/mol. The van der Waals surface area contributed by atoms with Crippen molar-refractivity contribution in [1.29, 1.82) is 0 Å². The van der Waals surface area contributed by atoms with Crippen molar-refractivity contribution in [2.24, 2.45) is 0 Å². The van der Waals surface area contributed by atoms with E-state index in [9.17, 15) is 19.3 Å². The van der Waals surface area contributed by atoms with Crippen molar-refractivity contribution in [3.63, 3.8) is 0 Å². The van der Waals surface area contributed by atoms with Crippen LogP contribution in [-0.4, -0.2) is 53.9 Å². The highest BCUT2D eigenvalue weighted by molar-refractivity contribution is 7.58. The van der Waals surface area contributed by atoms with Crippen LogP contribution in [0.1, 0.15) is 27.6 Å². The summed E-state index contributed by atoms with van der Waals surface area (Å²) in [5, 5.41) is 9.99. The molecule has 0 spiro atoms. The molecule has 1 aromatic rings. The van der Waals surface area contributed by atoms with Gasteiger partial charge in [-0.25, -0.2) is 0 Å². The van der Waals surface area contributed by atoms with E-state index in [4.69, 9.17) is 4.52 Å². The topological polar surface area (TPSA) is 83.9 Å². The Hall–Kier alpha value is -1.49. The van der Waals surface area contributed by atoms with Crippen molar-refractivity contribution in [3.8, 4) is 0 Å². The third-order valence-corrected chi connectivity index (χ3v) is 5.11. The monoisotopic (exact) mass is 311 g/mol. The maximum absolute atomic E-state index is 12.1. The van der Waals surface area contributed by atoms with E-state index >= 15 is 0 Å². The zero-order chi connectivity index (χ0) is 15.6. The molecule has 0 saturated heterocycles. The lowest BCUT2D eigenvalue weighted by atomic mass is 10.1. The fraction of sp³-hybridized carbons (Fsp3) is 0.429. The van der Waals surface area contributed by atoms with Crippen molar-refractivity contribution < 1.29 is 23.8 Å². The first-order valence-corrected chi connectivity index (χ1v) is 8.96. The summed E-state index contributed by atoms with van der Waals surface area (Å²) < 4.78 is 17.1. The maximum Gasteiger partial charge on any atom is 0.261 e. The molecule has 2 amide bonds. The number of benzene rings is 1. The molecule has 1 aliphatic heterocycles. The van der Waals surface area contributed by atoms with Crippen molar-refractivity contribution in [1.82, 2.24) is 4.90 Å². The second-order valence-electron chi connectivity index (χ2n) is 5.03. The van der Waals surface area contributed by atoms with Crippen LogP contribution < -0.4 is 0 Å². The summed E-state index contributed by atoms with van der Waals surface area (Å²) in [7, 11) is -2.92. The highest BCUT2D eigenvalue weighted by Crippen LogP contribution is 2.43. The Labute approximate surface area is 123 Å². The zero-order valence-electron chi connectivity index (χ0n) is 12.0. The molecular weight excluding hydrogens is 293 g/mol. The normalized spacial score (nSPS) is 18.5. The SMILES string of the molecule is CCO[P@](C)(=O)C[C@H](O)CN1C(=O)c2ccccc2C1=O. The lowest BCUT2D eigenvalue weighted by molar-refractivity contribution is 0.0562. The summed E-state index contributed by atoms with van der Waals surface area (Å²) >= 11 is 0. The van der Waals surface area contributed by atoms with E-state index in [1.807, 2.05) is 0 Å². The van der Waals surface area contributed by atoms with Crippen LogP contribution in [0.15, 0.2) is 24.3 Å². The van der Waals surface area contributed by atoms with Crippen LogP contribution >= 0.6 is 7.37 Å². The van der Waals surface area contributed by atoms with Gasteiger partial charge in [0.15, 0.2) is 0 Å². The first-order chi connectivity index (χ1) is 9.85. The number of aliphatic hydroxyl groups excluding tert-OH is 1. The zero-order valence-corrected chi connectivity index (χ0v) is 12.9. The Balaban J connectivity index is 2.07. The summed E-state index contributed by atoms with van der Waals surface area (Å²) in [6.07, 6.45) is -1.16. The molecule has 2 atom stereocenters. The predicted molar refractivity (Wildman–Crippen MR) is 77.8 cm³/mol. The fourth-order valence-electron chi connectivity index (χ4n) is 2.38. The summed E-state index contributed by atoms with van der Waals surface area (Å²) in [4.78, 5) is 25.2. The van der Waals surface area contributed by atoms with Crippen LogP contribution in [0.5, 0.6) is 0 Å². The minimum absolute atomic E-state index is 0.0890. The minimum atomic E-state index is -2.92. The summed E-state index contributed by atoms with van der Waals surface area (Å²) in [5.41, 5.74) is 0.665. The number of carbonyl (C=O) groups excluding carboxylic acids is 2. The van der Waals surface area contributed by atoms with Crippen molar-refractivity contribution >= 4 is 19.2 Å². The first kappa shape index (κ1) is 15.9. The van der Waals surface area contributed by atoms with Gasteiger partial charge in [0.25, 0.3) is 11.8 Å². The smallest absolute Gasteiger partial charge is 0.261 e. The van der Waals surface area contributed by atoms with Gasteiger partial charge < -0.3 is 9.63 Å². The summed E-state index contributed by atoms with van der Waals surface area (Å²) in [6.45, 7) is 3.25. The third-order valence-electron chi connectivity index (χ3n) is 3.22. The van der Waals surface area contributed by atoms with Gasteiger partial charge in [-0.1, -0.05) is 12.1 Å². The Bertz CT molecular complexity index is 580. The molecule has 0 unspecified atom stereocenters. The number of β-amino-alcohol motifs (C(OH)–C–C–N with tert-alkyl or cyclic N) is 1. The van der Waals surface area contributed by atoms with E-state index < -0.39 is 25.3 Å². The van der Waals surface area contributed by atoms with E-state index in [-0.39, 0.29) is 19.3 Å². The van der Waals surface area contributed by atoms with Crippen LogP contribution in [0.25, 0.3) is 0 Å². The van der Waals surface area contributed by atoms with Crippen LogP contribution in [0.3, 0.4) is 0 Å². The number of nitrogens with zero attached hydrogens (tertiary/aromatic N) is 1. The largest absolute Gasteiger partial charge is 0.391 e. The lowest BCUT2D eigenvalue weighted by Gasteiger charge is -2.21. The number of fused-ring (bicyclic) bond motifs is 1. The van der Waals surface area contributed by atoms with Gasteiger partial charge in [-0.3, -0.25) is 19.1 Å². The first-order valence-electron chi connectivity index (χ1n) is 6.70. The molecule has 7 heteroatoms. The molecule has 0 radical (unpaired) electrons. The van der Waals surface area contributed by atoms with E-state index in [0.29, 0.717) is 11.1 Å². The molecular formula is C14H18NO5P. The van der Waals surface area contributed by atoms with Gasteiger partial charge >= 0.3 is 0 Å². The van der Waals surface area contributed by atoms with Gasteiger partial charge in [0, 0.05) is 6.66 Å². The Kier molecular flexibility index (Phi) is 4.61. The second kappa shape index (κ2) is 6.10. The minimum Gasteiger partial charge on any atom is -0.391 e. The number of aliphatic hydroxyl groups is 1. The maximum atomic E-state index is 12.1. The van der Waals surface area contributed by atoms with Gasteiger partial charge in [0.05, 0.1) is 36.5 Å². The molecule has 21 heavy (non-hydrogen) atoms. The molecule has 0 bridgehead atoms. The van der Waals surface area contributed by atoms with E-state index in [2.05, 4.69) is 0 Å². The quantitative estimate of drug-likeness (QED) is 0.637. The molecule has 1 N–H and O–H groups in total. The fourth-order valence-corrected chi connectivity index (χ4v) is 3.91. The molecule has 1 heterocycles. The van der Waals surface area contributed by atoms with Crippen LogP contribution in [0.4, 0.5) is 0 Å². The highest BCUT2D eigenvalue weighted by Gasteiger charge is 2.36. The van der Waals surface area contributed by atoms with Gasteiger partial charge in [0.2, 0.25) is 7.37 Å². The third kappa shape index (κ3) is 3.40. The van der Waals surface area contributed by atoms with Crippen molar-refractivity contribution in [2.45, 2.75) is 13.0 Å². The summed E-state index contributed by atoms with van der Waals surface area (Å²) in [6, 6.07) is 6.51. The molecule has 0 fully saturated rings. The lowest BCUT2D eigenvalue weighted by Crippen LogP contribution is -2.38. The van der Waals surface area contributed by atoms with E-state index in [0.717, 1.165) is 4.90 Å². The number of amides is 2. The predicted octanol–water partition coefficient (Wildman–Crippen LogP) is 1.59. The van der Waals surface area contributed by atoms with Crippen molar-refractivity contribution in [3.05, 3.63) is 35.4 Å². The van der Waals surface area contributed by atoms with E-state index in [1.165, 1.54) is 6.66 Å². The van der Waals surface area contributed by atoms with Crippen LogP contribution in [0, 0.1) is 0 Å². The number of imide groups is 1. The van der Waals surface area contributed by atoms with Crippen LogP contribution in [0.2, 0.25) is 0 Å². The number of hydrogen-bond donors (Lipinski definition) is 1. The Morgan fingerprint density at radius 1 is 1.24 bits per heavy atom. The van der Waals surface area contributed by atoms with Crippen LogP contribution in [-0.2, 0) is 9.09 Å². The molecule has 2 rings (SSSR count). The number of carbonyl (C=O) groups is 2. The van der Waals surface area contributed by atoms with Crippen molar-refractivity contribution in [2.75, 3.05) is 26.0 Å². The molecule has 0 aliphatic carbocycles. The van der Waals surface area contributed by atoms with Gasteiger partial charge in [-0.15, -0.1) is 0 Å². The number of rotatable bonds is 6. The molecule has 0 aromatic heterocycles. The standard InChI is InChI=1S/C14H18NO5P/c1-3-20-21(2,19)9-10(16)8-15-13(17)11-6-4-5-7-12(11)14(15)18/h4-7,10,16H,3,8-9H2,1-2H3/t10-,21+/m1/s1. The molecule has 1 aromatic carbocycles. The molecule has 1 aliphatic rings.